The third-order valence-corrected chi connectivity index (χ3v) is 1.72. The molecule has 0 saturated heterocycles. The van der Waals surface area contributed by atoms with E-state index in [-0.39, 0.29) is 0 Å². The summed E-state index contributed by atoms with van der Waals surface area (Å²) >= 11 is 0. The number of H-pyrrole nitrogens is 1. The van der Waals surface area contributed by atoms with Crippen LogP contribution in [0.15, 0.2) is 12.4 Å². The van der Waals surface area contributed by atoms with Gasteiger partial charge in [-0.15, -0.1) is 0 Å². The second-order valence-corrected chi connectivity index (χ2v) is 2.87. The Balaban J connectivity index is 2.40. The molecule has 0 aliphatic carbocycles. The summed E-state index contributed by atoms with van der Waals surface area (Å²) in [5, 5.41) is 6.38. The molecule has 0 saturated carbocycles. The summed E-state index contributed by atoms with van der Waals surface area (Å²) in [6.07, 6.45) is 1.39. The van der Waals surface area contributed by atoms with Crippen LogP contribution in [0, 0.1) is 0 Å². The number of rotatable bonds is 3. The summed E-state index contributed by atoms with van der Waals surface area (Å²) in [4.78, 5) is 12.2. The Kier molecular flexibility index (Phi) is 2.55. The van der Waals surface area contributed by atoms with Crippen molar-refractivity contribution in [3.63, 3.8) is 0 Å². The average Bonchev–Trinajstić information content (AvgIpc) is 2.70. The van der Waals surface area contributed by atoms with E-state index in [1.54, 1.807) is 13.2 Å². The molecule has 2 rings (SSSR count). The Bertz CT molecular complexity index is 440. The van der Waals surface area contributed by atoms with E-state index in [4.69, 9.17) is 10.5 Å². The first-order valence-electron chi connectivity index (χ1n) is 4.27. The molecule has 0 aromatic carbocycles. The van der Waals surface area contributed by atoms with Gasteiger partial charge in [0.15, 0.2) is 11.6 Å². The fourth-order valence-electron chi connectivity index (χ4n) is 1.16. The topological polar surface area (TPSA) is 103 Å². The summed E-state index contributed by atoms with van der Waals surface area (Å²) in [6, 6.07) is 1.66. The molecular formula is C8H10N6O. The lowest BCUT2D eigenvalue weighted by Crippen LogP contribution is -2.02. The monoisotopic (exact) mass is 206 g/mol. The standard InChI is InChI=1S/C8H10N6O/c1-15-3-5-2-6(9)13-8(12-5)7-10-4-11-14-7/h2,4H,3H2,1H3,(H2,9,12,13)(H,10,11,14). The van der Waals surface area contributed by atoms with Crippen LogP contribution in [0.1, 0.15) is 5.69 Å². The number of aromatic nitrogens is 5. The lowest BCUT2D eigenvalue weighted by molar-refractivity contribution is 0.181. The molecule has 2 aromatic heterocycles. The number of methoxy groups -OCH3 is 1. The number of hydrogen-bond donors (Lipinski definition) is 2. The molecule has 7 nitrogen and oxygen atoms in total. The summed E-state index contributed by atoms with van der Waals surface area (Å²) < 4.78 is 4.96. The number of ether oxygens (including phenoxy) is 1. The van der Waals surface area contributed by atoms with Gasteiger partial charge in [0.1, 0.15) is 12.1 Å². The van der Waals surface area contributed by atoms with E-state index < -0.39 is 0 Å². The smallest absolute Gasteiger partial charge is 0.199 e. The first-order valence-corrected chi connectivity index (χ1v) is 4.27. The van der Waals surface area contributed by atoms with E-state index in [0.29, 0.717) is 29.8 Å². The van der Waals surface area contributed by atoms with Gasteiger partial charge in [-0.1, -0.05) is 0 Å². The zero-order chi connectivity index (χ0) is 10.7. The maximum atomic E-state index is 5.63. The quantitative estimate of drug-likeness (QED) is 0.732. The summed E-state index contributed by atoms with van der Waals surface area (Å²) in [7, 11) is 1.59. The predicted molar refractivity (Wildman–Crippen MR) is 52.5 cm³/mol. The second kappa shape index (κ2) is 4.01. The maximum absolute atomic E-state index is 5.63. The minimum absolute atomic E-state index is 0.378. The highest BCUT2D eigenvalue weighted by molar-refractivity contribution is 5.46. The molecule has 0 amide bonds. The highest BCUT2D eigenvalue weighted by Gasteiger charge is 2.07. The van der Waals surface area contributed by atoms with Gasteiger partial charge in [-0.05, 0) is 0 Å². The van der Waals surface area contributed by atoms with Crippen molar-refractivity contribution in [2.24, 2.45) is 0 Å². The average molecular weight is 206 g/mol. The first-order chi connectivity index (χ1) is 7.29. The minimum atomic E-state index is 0.378. The molecule has 2 aromatic rings. The fraction of sp³-hybridized carbons (Fsp3) is 0.250. The van der Waals surface area contributed by atoms with Crippen molar-refractivity contribution in [2.75, 3.05) is 12.8 Å². The third-order valence-electron chi connectivity index (χ3n) is 1.72. The summed E-state index contributed by atoms with van der Waals surface area (Å²) in [5.41, 5.74) is 6.33. The molecule has 0 atom stereocenters. The van der Waals surface area contributed by atoms with E-state index in [0.717, 1.165) is 0 Å². The third kappa shape index (κ3) is 2.08. The summed E-state index contributed by atoms with van der Waals surface area (Å²) in [6.45, 7) is 0.383. The van der Waals surface area contributed by atoms with E-state index in [9.17, 15) is 0 Å². The fourth-order valence-corrected chi connectivity index (χ4v) is 1.16. The van der Waals surface area contributed by atoms with Crippen molar-refractivity contribution in [1.82, 2.24) is 25.1 Å². The van der Waals surface area contributed by atoms with Crippen LogP contribution in [0.3, 0.4) is 0 Å². The van der Waals surface area contributed by atoms with Crippen molar-refractivity contribution in [3.8, 4) is 11.6 Å². The van der Waals surface area contributed by atoms with Gasteiger partial charge in [0.25, 0.3) is 0 Å². The Morgan fingerprint density at radius 3 is 3.00 bits per heavy atom. The number of nitrogens with zero attached hydrogens (tertiary/aromatic N) is 4. The molecule has 15 heavy (non-hydrogen) atoms. The molecular weight excluding hydrogens is 196 g/mol. The van der Waals surface area contributed by atoms with Crippen LogP contribution >= 0.6 is 0 Å². The SMILES string of the molecule is COCc1cc(N)nc(-c2ncn[nH]2)n1. The Morgan fingerprint density at radius 2 is 2.33 bits per heavy atom. The van der Waals surface area contributed by atoms with Gasteiger partial charge in [-0.3, -0.25) is 5.10 Å². The predicted octanol–water partition coefficient (Wildman–Crippen LogP) is -0.00970. The number of hydrogen-bond acceptors (Lipinski definition) is 6. The lowest BCUT2D eigenvalue weighted by Gasteiger charge is -2.02. The Hall–Kier alpha value is -2.02. The Labute approximate surface area is 85.7 Å². The normalized spacial score (nSPS) is 10.5. The van der Waals surface area contributed by atoms with E-state index >= 15 is 0 Å². The van der Waals surface area contributed by atoms with Crippen LogP contribution in [-0.4, -0.2) is 32.3 Å². The number of aromatic amines is 1. The number of nitrogen functional groups attached to an aromatic ring is 1. The highest BCUT2D eigenvalue weighted by Crippen LogP contribution is 2.11. The van der Waals surface area contributed by atoms with Crippen LogP contribution < -0.4 is 5.73 Å². The maximum Gasteiger partial charge on any atom is 0.199 e. The molecule has 0 unspecified atom stereocenters. The van der Waals surface area contributed by atoms with Gasteiger partial charge in [0.2, 0.25) is 0 Å². The van der Waals surface area contributed by atoms with Gasteiger partial charge in [0.05, 0.1) is 12.3 Å². The van der Waals surface area contributed by atoms with Crippen molar-refractivity contribution in [3.05, 3.63) is 18.1 Å². The van der Waals surface area contributed by atoms with Gasteiger partial charge in [0, 0.05) is 13.2 Å². The van der Waals surface area contributed by atoms with Crippen molar-refractivity contribution in [2.45, 2.75) is 6.61 Å². The lowest BCUT2D eigenvalue weighted by atomic mass is 10.4. The number of nitrogens with one attached hydrogen (secondary N) is 1. The molecule has 0 aliphatic rings. The molecule has 0 bridgehead atoms. The van der Waals surface area contributed by atoms with Crippen LogP contribution in [-0.2, 0) is 11.3 Å². The zero-order valence-corrected chi connectivity index (χ0v) is 8.14. The summed E-state index contributed by atoms with van der Waals surface area (Å²) in [5.74, 6) is 1.28. The van der Waals surface area contributed by atoms with Gasteiger partial charge < -0.3 is 10.5 Å². The molecule has 0 aliphatic heterocycles. The molecule has 7 heteroatoms. The number of anilines is 1. The van der Waals surface area contributed by atoms with Crippen molar-refractivity contribution < 1.29 is 4.74 Å². The van der Waals surface area contributed by atoms with Crippen LogP contribution in [0.4, 0.5) is 5.82 Å². The first kappa shape index (κ1) is 9.53. The minimum Gasteiger partial charge on any atom is -0.384 e. The van der Waals surface area contributed by atoms with Crippen molar-refractivity contribution >= 4 is 5.82 Å². The van der Waals surface area contributed by atoms with Gasteiger partial charge >= 0.3 is 0 Å². The molecule has 0 radical (unpaired) electrons. The molecule has 0 fully saturated rings. The van der Waals surface area contributed by atoms with Crippen molar-refractivity contribution in [1.29, 1.82) is 0 Å². The largest absolute Gasteiger partial charge is 0.384 e. The van der Waals surface area contributed by atoms with E-state index in [1.807, 2.05) is 0 Å². The van der Waals surface area contributed by atoms with E-state index in [2.05, 4.69) is 25.1 Å². The molecule has 78 valence electrons. The van der Waals surface area contributed by atoms with Crippen LogP contribution in [0.2, 0.25) is 0 Å². The Morgan fingerprint density at radius 1 is 1.47 bits per heavy atom. The van der Waals surface area contributed by atoms with Crippen LogP contribution in [0.25, 0.3) is 11.6 Å². The molecule has 0 spiro atoms. The highest BCUT2D eigenvalue weighted by atomic mass is 16.5. The number of nitrogens with two attached hydrogens (primary N) is 1. The molecule has 3 N–H and O–H groups in total. The van der Waals surface area contributed by atoms with E-state index in [1.165, 1.54) is 6.33 Å². The second-order valence-electron chi connectivity index (χ2n) is 2.87. The van der Waals surface area contributed by atoms with Gasteiger partial charge in [-0.25, -0.2) is 15.0 Å². The zero-order valence-electron chi connectivity index (χ0n) is 8.14. The van der Waals surface area contributed by atoms with Crippen LogP contribution in [0.5, 0.6) is 0 Å². The molecule has 2 heterocycles. The van der Waals surface area contributed by atoms with Gasteiger partial charge in [-0.2, -0.15) is 5.10 Å².